The fourth-order valence-electron chi connectivity index (χ4n) is 1.23. The third kappa shape index (κ3) is 5.06. The van der Waals surface area contributed by atoms with Crippen LogP contribution in [0.4, 0.5) is 4.79 Å². The van der Waals surface area contributed by atoms with Crippen molar-refractivity contribution in [2.24, 2.45) is 11.7 Å². The van der Waals surface area contributed by atoms with E-state index in [-0.39, 0.29) is 12.7 Å². The summed E-state index contributed by atoms with van der Waals surface area (Å²) in [6.07, 6.45) is 0.294. The van der Waals surface area contributed by atoms with Gasteiger partial charge in [-0.25, -0.2) is 4.79 Å². The molecular weight excluding hydrogens is 234 g/mol. The van der Waals surface area contributed by atoms with Crippen molar-refractivity contribution in [2.75, 3.05) is 19.8 Å². The maximum Gasteiger partial charge on any atom is 0.592 e. The second kappa shape index (κ2) is 5.89. The van der Waals surface area contributed by atoms with Crippen molar-refractivity contribution in [3.8, 4) is 0 Å². The molecular formula is C8H16N3O6+. The van der Waals surface area contributed by atoms with Crippen LogP contribution in [0.25, 0.3) is 0 Å². The molecule has 1 saturated heterocycles. The molecule has 0 saturated carbocycles. The molecule has 0 aromatic carbocycles. The number of hydroxylamine groups is 1. The largest absolute Gasteiger partial charge is 0.592 e. The quantitative estimate of drug-likeness (QED) is 0.141. The summed E-state index contributed by atoms with van der Waals surface area (Å²) in [5.41, 5.74) is 0. The number of carbonyl (C=O) groups excluding carboxylic acids is 2. The summed E-state index contributed by atoms with van der Waals surface area (Å²) < 4.78 is 14.3. The first-order valence-corrected chi connectivity index (χ1v) is 5.03. The molecule has 1 aliphatic rings. The zero-order chi connectivity index (χ0) is 12.9. The minimum absolute atomic E-state index is 0.105. The molecule has 0 bridgehead atoms. The molecule has 98 valence electrons. The fraction of sp³-hybridized carbons (Fsp3) is 0.750. The molecule has 1 rings (SSSR count). The lowest BCUT2D eigenvalue weighted by atomic mass is 10.2. The SMILES string of the molecule is N[N+](N)(O)C(=O)OCC(=O)OCC1CCCO1. The summed E-state index contributed by atoms with van der Waals surface area (Å²) in [5, 5.41) is 8.75. The van der Waals surface area contributed by atoms with Crippen molar-refractivity contribution < 1.29 is 33.9 Å². The van der Waals surface area contributed by atoms with E-state index in [0.717, 1.165) is 12.8 Å². The van der Waals surface area contributed by atoms with Gasteiger partial charge in [-0.2, -0.15) is 10.0 Å². The summed E-state index contributed by atoms with van der Waals surface area (Å²) in [6, 6.07) is 0. The van der Waals surface area contributed by atoms with Gasteiger partial charge in [-0.05, 0) is 12.8 Å². The van der Waals surface area contributed by atoms with Gasteiger partial charge in [0.25, 0.3) is 0 Å². The van der Waals surface area contributed by atoms with Crippen LogP contribution in [0, 0.1) is 0 Å². The van der Waals surface area contributed by atoms with Gasteiger partial charge in [-0.3, -0.25) is 0 Å². The van der Waals surface area contributed by atoms with Crippen LogP contribution in [0.5, 0.6) is 0 Å². The molecule has 0 radical (unpaired) electrons. The summed E-state index contributed by atoms with van der Waals surface area (Å²) in [6.45, 7) is 0.101. The molecule has 0 aromatic rings. The predicted molar refractivity (Wildman–Crippen MR) is 51.7 cm³/mol. The highest BCUT2D eigenvalue weighted by Crippen LogP contribution is 2.11. The number of nitrogens with zero attached hydrogens (tertiary/aromatic N) is 1. The monoisotopic (exact) mass is 250 g/mol. The average molecular weight is 250 g/mol. The standard InChI is InChI=1S/C8H16N3O6/c9-11(10,14)8(13)17-5-7(12)16-4-6-2-1-3-15-6/h6,14H,1-5,9-10H2/q+1. The molecule has 9 nitrogen and oxygen atoms in total. The zero-order valence-corrected chi connectivity index (χ0v) is 9.20. The first kappa shape index (κ1) is 13.8. The first-order valence-electron chi connectivity index (χ1n) is 5.03. The number of amides is 1. The second-order valence-corrected chi connectivity index (χ2v) is 3.61. The Balaban J connectivity index is 2.14. The Kier molecular flexibility index (Phi) is 4.78. The summed E-state index contributed by atoms with van der Waals surface area (Å²) in [5.74, 6) is 8.76. The minimum atomic E-state index is -1.99. The Morgan fingerprint density at radius 3 is 2.65 bits per heavy atom. The van der Waals surface area contributed by atoms with Gasteiger partial charge < -0.3 is 14.2 Å². The molecule has 0 aliphatic carbocycles. The number of ether oxygens (including phenoxy) is 3. The van der Waals surface area contributed by atoms with Crippen molar-refractivity contribution in [3.63, 3.8) is 0 Å². The molecule has 1 aliphatic heterocycles. The Morgan fingerprint density at radius 1 is 1.41 bits per heavy atom. The third-order valence-electron chi connectivity index (χ3n) is 2.06. The van der Waals surface area contributed by atoms with Gasteiger partial charge in [-0.1, -0.05) is 0 Å². The summed E-state index contributed by atoms with van der Waals surface area (Å²) in [4.78, 5) is 20.0. The van der Waals surface area contributed by atoms with Crippen LogP contribution in [0.15, 0.2) is 0 Å². The van der Waals surface area contributed by atoms with E-state index in [1.807, 2.05) is 0 Å². The lowest BCUT2D eigenvalue weighted by molar-refractivity contribution is -1.06. The molecule has 17 heavy (non-hydrogen) atoms. The second-order valence-electron chi connectivity index (χ2n) is 3.61. The van der Waals surface area contributed by atoms with E-state index in [9.17, 15) is 9.59 Å². The van der Waals surface area contributed by atoms with Gasteiger partial charge in [-0.15, -0.1) is 11.7 Å². The van der Waals surface area contributed by atoms with Gasteiger partial charge in [0.1, 0.15) is 6.61 Å². The van der Waals surface area contributed by atoms with Gasteiger partial charge in [0, 0.05) is 6.61 Å². The van der Waals surface area contributed by atoms with Gasteiger partial charge >= 0.3 is 12.1 Å². The lowest BCUT2D eigenvalue weighted by Crippen LogP contribution is -2.62. The molecule has 1 heterocycles. The maximum absolute atomic E-state index is 11.1. The number of rotatable bonds is 4. The van der Waals surface area contributed by atoms with Crippen molar-refractivity contribution in [1.29, 1.82) is 0 Å². The first-order chi connectivity index (χ1) is 7.89. The number of esters is 1. The smallest absolute Gasteiger partial charge is 0.460 e. The lowest BCUT2D eigenvalue weighted by Gasteiger charge is -2.13. The van der Waals surface area contributed by atoms with Crippen LogP contribution >= 0.6 is 0 Å². The molecule has 9 heteroatoms. The number of hydrogen-bond donors (Lipinski definition) is 3. The van der Waals surface area contributed by atoms with Crippen LogP contribution in [0.1, 0.15) is 12.8 Å². The van der Waals surface area contributed by atoms with E-state index in [2.05, 4.69) is 4.74 Å². The zero-order valence-electron chi connectivity index (χ0n) is 9.20. The molecule has 1 fully saturated rings. The molecule has 0 aromatic heterocycles. The Hall–Kier alpha value is -1.26. The van der Waals surface area contributed by atoms with E-state index in [1.54, 1.807) is 0 Å². The average Bonchev–Trinajstić information content (AvgIpc) is 2.74. The van der Waals surface area contributed by atoms with Crippen molar-refractivity contribution in [2.45, 2.75) is 18.9 Å². The van der Waals surface area contributed by atoms with Crippen molar-refractivity contribution in [1.82, 2.24) is 0 Å². The van der Waals surface area contributed by atoms with Crippen molar-refractivity contribution in [3.05, 3.63) is 0 Å². The van der Waals surface area contributed by atoms with Crippen molar-refractivity contribution >= 4 is 12.1 Å². The Labute approximate surface area is 97.3 Å². The van der Waals surface area contributed by atoms with Crippen LogP contribution in [0.3, 0.4) is 0 Å². The highest BCUT2D eigenvalue weighted by Gasteiger charge is 2.31. The van der Waals surface area contributed by atoms with Gasteiger partial charge in [0.15, 0.2) is 6.61 Å². The number of quaternary nitrogens is 1. The highest BCUT2D eigenvalue weighted by molar-refractivity contribution is 5.73. The van der Waals surface area contributed by atoms with Gasteiger partial charge in [0.05, 0.1) is 11.0 Å². The number of nitrogens with two attached hydrogens (primary N) is 2. The molecule has 5 N–H and O–H groups in total. The van der Waals surface area contributed by atoms with Crippen LogP contribution in [-0.2, 0) is 19.0 Å². The van der Waals surface area contributed by atoms with Crippen LogP contribution in [-0.4, -0.2) is 48.1 Å². The highest BCUT2D eigenvalue weighted by atomic mass is 16.7. The Bertz CT molecular complexity index is 283. The van der Waals surface area contributed by atoms with Crippen LogP contribution in [0.2, 0.25) is 0 Å². The molecule has 1 unspecified atom stereocenters. The topological polar surface area (TPSA) is 134 Å². The Morgan fingerprint density at radius 2 is 2.12 bits per heavy atom. The minimum Gasteiger partial charge on any atom is -0.460 e. The van der Waals surface area contributed by atoms with E-state index >= 15 is 0 Å². The summed E-state index contributed by atoms with van der Waals surface area (Å²) in [7, 11) is 0. The van der Waals surface area contributed by atoms with E-state index < -0.39 is 23.5 Å². The normalized spacial score (nSPS) is 20.1. The summed E-state index contributed by atoms with van der Waals surface area (Å²) >= 11 is 0. The molecule has 1 amide bonds. The fourth-order valence-corrected chi connectivity index (χ4v) is 1.23. The van der Waals surface area contributed by atoms with Gasteiger partial charge in [0.2, 0.25) is 0 Å². The maximum atomic E-state index is 11.1. The predicted octanol–water partition coefficient (Wildman–Crippen LogP) is -1.20. The number of carbonyl (C=O) groups is 2. The molecule has 0 spiro atoms. The van der Waals surface area contributed by atoms with Crippen LogP contribution < -0.4 is 11.7 Å². The van der Waals surface area contributed by atoms with E-state index in [0.29, 0.717) is 6.61 Å². The molecule has 1 atom stereocenters. The third-order valence-corrected chi connectivity index (χ3v) is 2.06. The van der Waals surface area contributed by atoms with E-state index in [1.165, 1.54) is 0 Å². The number of hydrogen-bond acceptors (Lipinski definition) is 8. The van der Waals surface area contributed by atoms with E-state index in [4.69, 9.17) is 26.4 Å².